The number of rotatable bonds is 3. The van der Waals surface area contributed by atoms with E-state index in [0.29, 0.717) is 0 Å². The third kappa shape index (κ3) is 3.35. The predicted octanol–water partition coefficient (Wildman–Crippen LogP) is 7.76. The highest BCUT2D eigenvalue weighted by atomic mass is 35.5. The Kier molecular flexibility index (Phi) is 5.04. The summed E-state index contributed by atoms with van der Waals surface area (Å²) in [6.07, 6.45) is 7.36. The van der Waals surface area contributed by atoms with Crippen LogP contribution in [0, 0.1) is 0 Å². The molecule has 1 fully saturated rings. The second-order valence-electron chi connectivity index (χ2n) is 8.74. The van der Waals surface area contributed by atoms with Crippen molar-refractivity contribution in [3.05, 3.63) is 118 Å². The number of para-hydroxylation sites is 1. The Hall–Kier alpha value is -2.62. The van der Waals surface area contributed by atoms with E-state index in [-0.39, 0.29) is 10.8 Å². The molecule has 1 spiro atoms. The number of thioether (sulfide) groups is 1. The molecule has 2 aliphatic heterocycles. The van der Waals surface area contributed by atoms with E-state index in [4.69, 9.17) is 11.6 Å². The molecule has 3 aromatic rings. The Morgan fingerprint density at radius 3 is 2.19 bits per heavy atom. The first-order valence-electron chi connectivity index (χ1n) is 11.3. The zero-order valence-corrected chi connectivity index (χ0v) is 19.4. The number of dihydropyridines is 1. The fourth-order valence-corrected chi connectivity index (χ4v) is 7.14. The van der Waals surface area contributed by atoms with Gasteiger partial charge in [-0.05, 0) is 54.3 Å². The van der Waals surface area contributed by atoms with Gasteiger partial charge in [-0.15, -0.1) is 0 Å². The van der Waals surface area contributed by atoms with Gasteiger partial charge in [-0.1, -0.05) is 96.9 Å². The molecule has 0 aromatic heterocycles. The molecule has 0 bridgehead atoms. The van der Waals surface area contributed by atoms with Crippen LogP contribution in [0.25, 0.3) is 5.70 Å². The fourth-order valence-electron chi connectivity index (χ4n) is 5.25. The molecule has 3 aliphatic rings. The molecule has 1 saturated carbocycles. The second kappa shape index (κ2) is 8.06. The van der Waals surface area contributed by atoms with Gasteiger partial charge in [-0.3, -0.25) is 0 Å². The third-order valence-electron chi connectivity index (χ3n) is 6.75. The van der Waals surface area contributed by atoms with E-state index in [9.17, 15) is 0 Å². The van der Waals surface area contributed by atoms with Gasteiger partial charge in [-0.2, -0.15) is 0 Å². The average Bonchev–Trinajstić information content (AvgIpc) is 3.44. The molecule has 1 atom stereocenters. The first-order valence-corrected chi connectivity index (χ1v) is 12.5. The minimum absolute atomic E-state index is 0.0870. The van der Waals surface area contributed by atoms with Gasteiger partial charge in [0.25, 0.3) is 0 Å². The van der Waals surface area contributed by atoms with E-state index in [1.165, 1.54) is 58.9 Å². The molecular weight excluding hydrogens is 432 g/mol. The molecule has 2 heterocycles. The van der Waals surface area contributed by atoms with Gasteiger partial charge in [0.2, 0.25) is 0 Å². The molecule has 1 N–H and O–H groups in total. The monoisotopic (exact) mass is 456 g/mol. The van der Waals surface area contributed by atoms with E-state index in [1.807, 2.05) is 12.1 Å². The largest absolute Gasteiger partial charge is 0.341 e. The lowest BCUT2D eigenvalue weighted by Gasteiger charge is -2.38. The Morgan fingerprint density at radius 1 is 0.844 bits per heavy atom. The van der Waals surface area contributed by atoms with Gasteiger partial charge in [0.15, 0.2) is 0 Å². The predicted molar refractivity (Wildman–Crippen MR) is 136 cm³/mol. The van der Waals surface area contributed by atoms with Crippen molar-refractivity contribution in [3.63, 3.8) is 0 Å². The summed E-state index contributed by atoms with van der Waals surface area (Å²) in [4.78, 5) is 4.10. The molecule has 0 radical (unpaired) electrons. The van der Waals surface area contributed by atoms with Crippen molar-refractivity contribution in [1.82, 2.24) is 5.32 Å². The lowest BCUT2D eigenvalue weighted by Crippen LogP contribution is -2.43. The van der Waals surface area contributed by atoms with E-state index in [2.05, 4.69) is 101 Å². The van der Waals surface area contributed by atoms with Crippen molar-refractivity contribution in [2.45, 2.75) is 36.5 Å². The van der Waals surface area contributed by atoms with Crippen LogP contribution in [0.1, 0.15) is 42.7 Å². The maximum atomic E-state index is 6.23. The van der Waals surface area contributed by atoms with Crippen LogP contribution in [0.4, 0.5) is 5.69 Å². The summed E-state index contributed by atoms with van der Waals surface area (Å²) in [6.45, 7) is 0. The number of nitrogens with one attached hydrogen (secondary N) is 1. The van der Waals surface area contributed by atoms with Crippen molar-refractivity contribution < 1.29 is 0 Å². The number of hydrogen-bond donors (Lipinski definition) is 1. The van der Waals surface area contributed by atoms with Crippen LogP contribution >= 0.6 is 23.4 Å². The molecule has 3 aromatic carbocycles. The smallest absolute Gasteiger partial charge is 0.122 e. The van der Waals surface area contributed by atoms with Gasteiger partial charge < -0.3 is 10.2 Å². The highest BCUT2D eigenvalue weighted by Crippen LogP contribution is 2.60. The Labute approximate surface area is 199 Å². The highest BCUT2D eigenvalue weighted by Gasteiger charge is 2.51. The third-order valence-corrected chi connectivity index (χ3v) is 8.64. The maximum Gasteiger partial charge on any atom is 0.122 e. The molecule has 6 rings (SSSR count). The summed E-state index contributed by atoms with van der Waals surface area (Å²) in [5.74, 6) is 1.44. The van der Waals surface area contributed by atoms with Crippen LogP contribution < -0.4 is 10.2 Å². The first kappa shape index (κ1) is 20.0. The van der Waals surface area contributed by atoms with Crippen molar-refractivity contribution in [2.24, 2.45) is 0 Å². The SMILES string of the molecule is Clc1ccc(C2C=C(c3ccccc3)NC3=C2SC2(CCCC2)N3c2ccccc2)cc1. The minimum atomic E-state index is 0.0870. The number of nitrogens with zero attached hydrogens (tertiary/aromatic N) is 1. The van der Waals surface area contributed by atoms with Crippen LogP contribution in [0.2, 0.25) is 5.02 Å². The summed E-state index contributed by atoms with van der Waals surface area (Å²) in [7, 11) is 0. The first-order chi connectivity index (χ1) is 15.7. The standard InChI is InChI=1S/C28H25ClN2S/c29-22-15-13-20(14-16-22)24-19-25(21-9-3-1-4-10-21)30-27-26(24)32-28(17-7-8-18-28)31(27)23-11-5-2-6-12-23/h1-6,9-16,19,24,30H,7-8,17-18H2. The summed E-state index contributed by atoms with van der Waals surface area (Å²) >= 11 is 8.31. The van der Waals surface area contributed by atoms with E-state index in [1.54, 1.807) is 0 Å². The van der Waals surface area contributed by atoms with Gasteiger partial charge in [0, 0.05) is 27.2 Å². The molecule has 160 valence electrons. The second-order valence-corrected chi connectivity index (χ2v) is 10.6. The fraction of sp³-hybridized carbons (Fsp3) is 0.214. The number of anilines is 1. The highest BCUT2D eigenvalue weighted by molar-refractivity contribution is 8.04. The normalized spacial score (nSPS) is 21.5. The zero-order chi connectivity index (χ0) is 21.5. The zero-order valence-electron chi connectivity index (χ0n) is 17.8. The quantitative estimate of drug-likeness (QED) is 0.433. The van der Waals surface area contributed by atoms with Crippen molar-refractivity contribution in [2.75, 3.05) is 4.90 Å². The van der Waals surface area contributed by atoms with E-state index in [0.717, 1.165) is 5.02 Å². The van der Waals surface area contributed by atoms with E-state index >= 15 is 0 Å². The topological polar surface area (TPSA) is 15.3 Å². The summed E-state index contributed by atoms with van der Waals surface area (Å²) in [5, 5.41) is 4.64. The Balaban J connectivity index is 1.51. The van der Waals surface area contributed by atoms with Crippen LogP contribution in [-0.2, 0) is 0 Å². The lowest BCUT2D eigenvalue weighted by molar-refractivity contribution is 0.595. The molecule has 0 amide bonds. The lowest BCUT2D eigenvalue weighted by atomic mass is 9.93. The van der Waals surface area contributed by atoms with Gasteiger partial charge >= 0.3 is 0 Å². The van der Waals surface area contributed by atoms with Crippen molar-refractivity contribution >= 4 is 34.7 Å². The minimum Gasteiger partial charge on any atom is -0.341 e. The summed E-state index contributed by atoms with van der Waals surface area (Å²) in [5.41, 5.74) is 4.93. The van der Waals surface area contributed by atoms with Crippen molar-refractivity contribution in [3.8, 4) is 0 Å². The van der Waals surface area contributed by atoms with Crippen molar-refractivity contribution in [1.29, 1.82) is 0 Å². The summed E-state index contributed by atoms with van der Waals surface area (Å²) in [6, 6.07) is 29.9. The molecule has 1 unspecified atom stereocenters. The Bertz CT molecular complexity index is 1180. The van der Waals surface area contributed by atoms with Gasteiger partial charge in [-0.25, -0.2) is 0 Å². The Morgan fingerprint density at radius 2 is 1.50 bits per heavy atom. The molecular formula is C28H25ClN2S. The van der Waals surface area contributed by atoms with Gasteiger partial charge in [0.05, 0.1) is 4.87 Å². The number of hydrogen-bond acceptors (Lipinski definition) is 3. The van der Waals surface area contributed by atoms with Crippen LogP contribution in [0.15, 0.2) is 102 Å². The number of benzene rings is 3. The van der Waals surface area contributed by atoms with Crippen LogP contribution in [0.5, 0.6) is 0 Å². The maximum absolute atomic E-state index is 6.23. The molecule has 1 aliphatic carbocycles. The van der Waals surface area contributed by atoms with Crippen LogP contribution in [0.3, 0.4) is 0 Å². The molecule has 32 heavy (non-hydrogen) atoms. The summed E-state index contributed by atoms with van der Waals surface area (Å²) < 4.78 is 0. The molecule has 0 saturated heterocycles. The number of allylic oxidation sites excluding steroid dienone is 2. The molecule has 2 nitrogen and oxygen atoms in total. The number of halogens is 1. The average molecular weight is 457 g/mol. The molecule has 4 heteroatoms. The van der Waals surface area contributed by atoms with Gasteiger partial charge in [0.1, 0.15) is 5.82 Å². The van der Waals surface area contributed by atoms with E-state index < -0.39 is 0 Å². The van der Waals surface area contributed by atoms with Crippen LogP contribution in [-0.4, -0.2) is 4.87 Å².